The van der Waals surface area contributed by atoms with Crippen LogP contribution in [0.25, 0.3) is 0 Å². The number of esters is 1. The van der Waals surface area contributed by atoms with Crippen molar-refractivity contribution in [3.05, 3.63) is 35.4 Å². The van der Waals surface area contributed by atoms with Gasteiger partial charge in [-0.3, -0.25) is 4.79 Å². The first-order valence-electron chi connectivity index (χ1n) is 5.89. The number of carboxylic acid groups (broad SMARTS) is 1. The van der Waals surface area contributed by atoms with Gasteiger partial charge < -0.3 is 15.6 Å². The second-order valence-corrected chi connectivity index (χ2v) is 4.37. The van der Waals surface area contributed by atoms with Gasteiger partial charge in [0.1, 0.15) is 0 Å². The summed E-state index contributed by atoms with van der Waals surface area (Å²) in [4.78, 5) is 20.4. The molecule has 0 amide bonds. The number of fused-ring (bicyclic) bond motifs is 1. The SMILES string of the molecule is COC(=O)[C@@H]1c2ccccc2C[C@H]1N.O=C(O)C(F)(F)F. The number of carbonyl (C=O) groups excluding carboxylic acids is 1. The summed E-state index contributed by atoms with van der Waals surface area (Å²) in [5, 5.41) is 7.12. The molecule has 1 aliphatic carbocycles. The molecule has 0 heterocycles. The quantitative estimate of drug-likeness (QED) is 0.767. The highest BCUT2D eigenvalue weighted by atomic mass is 19.4. The summed E-state index contributed by atoms with van der Waals surface area (Å²) in [7, 11) is 1.40. The van der Waals surface area contributed by atoms with Gasteiger partial charge in [-0.2, -0.15) is 13.2 Å². The number of methoxy groups -OCH3 is 1. The van der Waals surface area contributed by atoms with Gasteiger partial charge in [-0.1, -0.05) is 24.3 Å². The molecule has 0 saturated carbocycles. The van der Waals surface area contributed by atoms with Crippen LogP contribution in [0.5, 0.6) is 0 Å². The number of nitrogens with two attached hydrogens (primary N) is 1. The van der Waals surface area contributed by atoms with Crippen LogP contribution in [-0.4, -0.2) is 36.4 Å². The Labute approximate surface area is 118 Å². The average Bonchev–Trinajstić information content (AvgIpc) is 2.73. The van der Waals surface area contributed by atoms with E-state index in [1.165, 1.54) is 7.11 Å². The maximum atomic E-state index is 11.5. The molecular formula is C13H14F3NO4. The standard InChI is InChI=1S/C11H13NO2.C2HF3O2/c1-14-11(13)10-8-5-3-2-4-7(8)6-9(10)12;3-2(4,5)1(6)7/h2-5,9-10H,6,12H2,1H3;(H,6,7)/t9-,10-;/m1./s1. The minimum absolute atomic E-state index is 0.139. The molecule has 2 rings (SSSR count). The molecule has 0 aromatic heterocycles. The molecule has 116 valence electrons. The van der Waals surface area contributed by atoms with Gasteiger partial charge in [0.05, 0.1) is 13.0 Å². The summed E-state index contributed by atoms with van der Waals surface area (Å²) in [6.45, 7) is 0. The Morgan fingerprint density at radius 2 is 1.86 bits per heavy atom. The lowest BCUT2D eigenvalue weighted by molar-refractivity contribution is -0.192. The summed E-state index contributed by atoms with van der Waals surface area (Å²) >= 11 is 0. The van der Waals surface area contributed by atoms with Gasteiger partial charge in [0, 0.05) is 6.04 Å². The molecule has 1 aromatic carbocycles. The molecule has 1 aromatic rings. The summed E-state index contributed by atoms with van der Waals surface area (Å²) in [6.07, 6.45) is -4.32. The third kappa shape index (κ3) is 4.19. The molecule has 8 heteroatoms. The fourth-order valence-corrected chi connectivity index (χ4v) is 2.05. The number of alkyl halides is 3. The normalized spacial score (nSPS) is 20.0. The van der Waals surface area contributed by atoms with Crippen LogP contribution < -0.4 is 5.73 Å². The summed E-state index contributed by atoms with van der Waals surface area (Å²) in [5.41, 5.74) is 8.09. The van der Waals surface area contributed by atoms with E-state index in [1.54, 1.807) is 0 Å². The van der Waals surface area contributed by atoms with E-state index in [4.69, 9.17) is 20.4 Å². The number of hydrogen-bond donors (Lipinski definition) is 2. The molecule has 1 aliphatic rings. The molecule has 3 N–H and O–H groups in total. The largest absolute Gasteiger partial charge is 0.490 e. The monoisotopic (exact) mass is 305 g/mol. The van der Waals surface area contributed by atoms with Gasteiger partial charge >= 0.3 is 18.1 Å². The molecule has 0 spiro atoms. The third-order valence-corrected chi connectivity index (χ3v) is 2.97. The Balaban J connectivity index is 0.000000270. The maximum absolute atomic E-state index is 11.5. The van der Waals surface area contributed by atoms with Gasteiger partial charge in [0.25, 0.3) is 0 Å². The number of aliphatic carboxylic acids is 1. The lowest BCUT2D eigenvalue weighted by Gasteiger charge is -2.13. The molecule has 2 atom stereocenters. The second kappa shape index (κ2) is 6.57. The van der Waals surface area contributed by atoms with E-state index < -0.39 is 12.1 Å². The first-order chi connectivity index (χ1) is 9.68. The predicted molar refractivity (Wildman–Crippen MR) is 66.6 cm³/mol. The van der Waals surface area contributed by atoms with Crippen LogP contribution in [0.4, 0.5) is 13.2 Å². The number of rotatable bonds is 1. The molecular weight excluding hydrogens is 291 g/mol. The van der Waals surface area contributed by atoms with Crippen molar-refractivity contribution in [3.63, 3.8) is 0 Å². The van der Waals surface area contributed by atoms with Crippen LogP contribution in [0.2, 0.25) is 0 Å². The van der Waals surface area contributed by atoms with Crippen molar-refractivity contribution in [2.24, 2.45) is 5.73 Å². The molecule has 0 saturated heterocycles. The topological polar surface area (TPSA) is 89.6 Å². The number of hydrogen-bond acceptors (Lipinski definition) is 4. The van der Waals surface area contributed by atoms with Gasteiger partial charge in [0.2, 0.25) is 0 Å². The molecule has 0 unspecified atom stereocenters. The number of ether oxygens (including phenoxy) is 1. The number of carboxylic acids is 1. The second-order valence-electron chi connectivity index (χ2n) is 4.37. The van der Waals surface area contributed by atoms with Crippen molar-refractivity contribution < 1.29 is 32.6 Å². The Morgan fingerprint density at radius 3 is 2.33 bits per heavy atom. The van der Waals surface area contributed by atoms with Crippen molar-refractivity contribution in [3.8, 4) is 0 Å². The highest BCUT2D eigenvalue weighted by Gasteiger charge is 2.38. The van der Waals surface area contributed by atoms with Crippen LogP contribution in [-0.2, 0) is 20.7 Å². The van der Waals surface area contributed by atoms with Crippen LogP contribution >= 0.6 is 0 Å². The fraction of sp³-hybridized carbons (Fsp3) is 0.385. The van der Waals surface area contributed by atoms with Crippen molar-refractivity contribution in [1.82, 2.24) is 0 Å². The van der Waals surface area contributed by atoms with E-state index >= 15 is 0 Å². The Morgan fingerprint density at radius 1 is 1.33 bits per heavy atom. The van der Waals surface area contributed by atoms with E-state index in [1.807, 2.05) is 24.3 Å². The van der Waals surface area contributed by atoms with Crippen molar-refractivity contribution in [2.75, 3.05) is 7.11 Å². The van der Waals surface area contributed by atoms with E-state index in [2.05, 4.69) is 0 Å². The number of halogens is 3. The highest BCUT2D eigenvalue weighted by Crippen LogP contribution is 2.32. The van der Waals surface area contributed by atoms with Gasteiger partial charge in [-0.05, 0) is 17.5 Å². The zero-order chi connectivity index (χ0) is 16.2. The molecule has 0 bridgehead atoms. The minimum Gasteiger partial charge on any atom is -0.475 e. The fourth-order valence-electron chi connectivity index (χ4n) is 2.05. The molecule has 0 radical (unpaired) electrons. The summed E-state index contributed by atoms with van der Waals surface area (Å²) in [6, 6.07) is 7.71. The molecule has 5 nitrogen and oxygen atoms in total. The van der Waals surface area contributed by atoms with Gasteiger partial charge in [0.15, 0.2) is 0 Å². The third-order valence-electron chi connectivity index (χ3n) is 2.97. The van der Waals surface area contributed by atoms with Crippen LogP contribution in [0.3, 0.4) is 0 Å². The first-order valence-corrected chi connectivity index (χ1v) is 5.89. The molecule has 0 fully saturated rings. The van der Waals surface area contributed by atoms with Crippen molar-refractivity contribution in [1.29, 1.82) is 0 Å². The highest BCUT2D eigenvalue weighted by molar-refractivity contribution is 5.80. The molecule has 0 aliphatic heterocycles. The van der Waals surface area contributed by atoms with Crippen LogP contribution in [0.15, 0.2) is 24.3 Å². The van der Waals surface area contributed by atoms with E-state index in [-0.39, 0.29) is 17.9 Å². The van der Waals surface area contributed by atoms with E-state index in [0.29, 0.717) is 0 Å². The van der Waals surface area contributed by atoms with Crippen LogP contribution in [0.1, 0.15) is 17.0 Å². The van der Waals surface area contributed by atoms with E-state index in [9.17, 15) is 18.0 Å². The first kappa shape index (κ1) is 17.0. The Hall–Kier alpha value is -2.09. The minimum atomic E-state index is -5.08. The smallest absolute Gasteiger partial charge is 0.475 e. The number of carbonyl (C=O) groups is 2. The molecule has 21 heavy (non-hydrogen) atoms. The van der Waals surface area contributed by atoms with E-state index in [0.717, 1.165) is 17.5 Å². The summed E-state index contributed by atoms with van der Waals surface area (Å²) < 4.78 is 36.5. The van der Waals surface area contributed by atoms with Crippen molar-refractivity contribution >= 4 is 11.9 Å². The predicted octanol–water partition coefficient (Wildman–Crippen LogP) is 1.46. The lowest BCUT2D eigenvalue weighted by Crippen LogP contribution is -2.31. The Bertz CT molecular complexity index is 530. The zero-order valence-corrected chi connectivity index (χ0v) is 11.1. The lowest BCUT2D eigenvalue weighted by atomic mass is 9.99. The van der Waals surface area contributed by atoms with Crippen molar-refractivity contribution in [2.45, 2.75) is 24.6 Å². The van der Waals surface area contributed by atoms with Crippen LogP contribution in [0, 0.1) is 0 Å². The number of benzene rings is 1. The maximum Gasteiger partial charge on any atom is 0.490 e. The van der Waals surface area contributed by atoms with Gasteiger partial charge in [-0.25, -0.2) is 4.79 Å². The zero-order valence-electron chi connectivity index (χ0n) is 11.1. The summed E-state index contributed by atoms with van der Waals surface area (Å²) in [5.74, 6) is -3.27. The Kier molecular flexibility index (Phi) is 5.31. The van der Waals surface area contributed by atoms with Gasteiger partial charge in [-0.15, -0.1) is 0 Å². The average molecular weight is 305 g/mol.